The number of hydrogen-bond donors (Lipinski definition) is 2. The Morgan fingerprint density at radius 1 is 1.14 bits per heavy atom. The van der Waals surface area contributed by atoms with Crippen LogP contribution < -0.4 is 10.6 Å². The van der Waals surface area contributed by atoms with Gasteiger partial charge in [0.15, 0.2) is 0 Å². The third-order valence-corrected chi connectivity index (χ3v) is 5.66. The fourth-order valence-corrected chi connectivity index (χ4v) is 4.46. The molecule has 4 nitrogen and oxygen atoms in total. The molecule has 21 heavy (non-hydrogen) atoms. The Balaban J connectivity index is 1.42. The summed E-state index contributed by atoms with van der Waals surface area (Å²) in [6.07, 6.45) is 12.2. The molecule has 1 saturated carbocycles. The Morgan fingerprint density at radius 3 is 2.67 bits per heavy atom. The third-order valence-electron chi connectivity index (χ3n) is 5.66. The maximum atomic E-state index is 12.2. The molecule has 0 bridgehead atoms. The van der Waals surface area contributed by atoms with E-state index in [1.165, 1.54) is 58.0 Å². The van der Waals surface area contributed by atoms with Gasteiger partial charge in [0.05, 0.1) is 0 Å². The SMILES string of the molecule is O=C(CCN1CCCC1)NC1CCNC2(CCCCC2)C1. The van der Waals surface area contributed by atoms with E-state index < -0.39 is 0 Å². The molecular weight excluding hydrogens is 262 g/mol. The van der Waals surface area contributed by atoms with Crippen molar-refractivity contribution in [1.82, 2.24) is 15.5 Å². The summed E-state index contributed by atoms with van der Waals surface area (Å²) >= 11 is 0. The molecule has 0 aromatic carbocycles. The van der Waals surface area contributed by atoms with Crippen molar-refractivity contribution in [1.29, 1.82) is 0 Å². The first kappa shape index (κ1) is 15.3. The summed E-state index contributed by atoms with van der Waals surface area (Å²) in [4.78, 5) is 14.6. The zero-order valence-electron chi connectivity index (χ0n) is 13.3. The number of carbonyl (C=O) groups is 1. The predicted octanol–water partition coefficient (Wildman–Crippen LogP) is 2.04. The maximum Gasteiger partial charge on any atom is 0.221 e. The highest BCUT2D eigenvalue weighted by Gasteiger charge is 2.37. The average Bonchev–Trinajstić information content (AvgIpc) is 2.99. The topological polar surface area (TPSA) is 44.4 Å². The fourth-order valence-electron chi connectivity index (χ4n) is 4.46. The zero-order chi connectivity index (χ0) is 14.5. The molecule has 0 radical (unpaired) electrons. The molecule has 2 N–H and O–H groups in total. The van der Waals surface area contributed by atoms with Crippen LogP contribution in [-0.4, -0.2) is 48.6 Å². The lowest BCUT2D eigenvalue weighted by Crippen LogP contribution is -2.57. The summed E-state index contributed by atoms with van der Waals surface area (Å²) in [5, 5.41) is 7.06. The molecule has 1 aliphatic carbocycles. The second-order valence-electron chi connectivity index (χ2n) is 7.32. The summed E-state index contributed by atoms with van der Waals surface area (Å²) < 4.78 is 0. The van der Waals surface area contributed by atoms with Gasteiger partial charge in [-0.15, -0.1) is 0 Å². The minimum absolute atomic E-state index is 0.264. The van der Waals surface area contributed by atoms with Crippen molar-refractivity contribution in [2.24, 2.45) is 0 Å². The zero-order valence-corrected chi connectivity index (χ0v) is 13.3. The van der Waals surface area contributed by atoms with E-state index in [1.54, 1.807) is 0 Å². The van der Waals surface area contributed by atoms with E-state index in [9.17, 15) is 4.79 Å². The smallest absolute Gasteiger partial charge is 0.221 e. The number of nitrogens with one attached hydrogen (secondary N) is 2. The Kier molecular flexibility index (Phi) is 5.17. The van der Waals surface area contributed by atoms with Crippen molar-refractivity contribution >= 4 is 5.91 Å². The van der Waals surface area contributed by atoms with E-state index in [4.69, 9.17) is 0 Å². The van der Waals surface area contributed by atoms with E-state index in [-0.39, 0.29) is 5.91 Å². The minimum atomic E-state index is 0.264. The van der Waals surface area contributed by atoms with Crippen LogP contribution in [-0.2, 0) is 4.79 Å². The number of nitrogens with zero attached hydrogens (tertiary/aromatic N) is 1. The predicted molar refractivity (Wildman–Crippen MR) is 85.3 cm³/mol. The molecule has 2 aliphatic heterocycles. The van der Waals surface area contributed by atoms with Crippen molar-refractivity contribution in [3.63, 3.8) is 0 Å². The highest BCUT2D eigenvalue weighted by molar-refractivity contribution is 5.76. The van der Waals surface area contributed by atoms with Gasteiger partial charge in [0.2, 0.25) is 5.91 Å². The van der Waals surface area contributed by atoms with Gasteiger partial charge in [0.1, 0.15) is 0 Å². The molecule has 2 saturated heterocycles. The minimum Gasteiger partial charge on any atom is -0.353 e. The number of likely N-dealkylation sites (tertiary alicyclic amines) is 1. The standard InChI is InChI=1S/C17H31N3O/c21-16(7-13-20-11-4-5-12-20)19-15-6-10-18-17(14-15)8-2-1-3-9-17/h15,18H,1-14H2,(H,19,21). The summed E-state index contributed by atoms with van der Waals surface area (Å²) in [5.74, 6) is 0.264. The van der Waals surface area contributed by atoms with Gasteiger partial charge < -0.3 is 15.5 Å². The molecule has 1 atom stereocenters. The van der Waals surface area contributed by atoms with E-state index in [2.05, 4.69) is 15.5 Å². The second-order valence-corrected chi connectivity index (χ2v) is 7.32. The highest BCUT2D eigenvalue weighted by Crippen LogP contribution is 2.34. The van der Waals surface area contributed by atoms with Crippen molar-refractivity contribution in [2.75, 3.05) is 26.2 Å². The quantitative estimate of drug-likeness (QED) is 0.834. The summed E-state index contributed by atoms with van der Waals surface area (Å²) in [5.41, 5.74) is 0.337. The maximum absolute atomic E-state index is 12.2. The lowest BCUT2D eigenvalue weighted by Gasteiger charge is -2.44. The summed E-state index contributed by atoms with van der Waals surface area (Å²) in [7, 11) is 0. The van der Waals surface area contributed by atoms with E-state index in [0.717, 1.165) is 25.9 Å². The molecule has 1 amide bonds. The molecular formula is C17H31N3O. The van der Waals surface area contributed by atoms with Gasteiger partial charge in [-0.05, 0) is 58.2 Å². The van der Waals surface area contributed by atoms with Crippen LogP contribution in [0.3, 0.4) is 0 Å². The van der Waals surface area contributed by atoms with Crippen molar-refractivity contribution in [2.45, 2.75) is 75.8 Å². The third kappa shape index (κ3) is 4.19. The van der Waals surface area contributed by atoms with Gasteiger partial charge in [-0.2, -0.15) is 0 Å². The van der Waals surface area contributed by atoms with Gasteiger partial charge >= 0.3 is 0 Å². The molecule has 3 rings (SSSR count). The number of hydrogen-bond acceptors (Lipinski definition) is 3. The van der Waals surface area contributed by atoms with Gasteiger partial charge in [-0.25, -0.2) is 0 Å². The molecule has 120 valence electrons. The number of rotatable bonds is 4. The first-order valence-corrected chi connectivity index (χ1v) is 9.03. The molecule has 0 aromatic heterocycles. The molecule has 3 aliphatic rings. The van der Waals surface area contributed by atoms with Crippen LogP contribution in [0.1, 0.15) is 64.2 Å². The van der Waals surface area contributed by atoms with Crippen LogP contribution in [0.15, 0.2) is 0 Å². The Hall–Kier alpha value is -0.610. The Bertz CT molecular complexity index is 340. The number of carbonyl (C=O) groups excluding carboxylic acids is 1. The van der Waals surface area contributed by atoms with Crippen molar-refractivity contribution < 1.29 is 4.79 Å². The average molecular weight is 293 g/mol. The summed E-state index contributed by atoms with van der Waals surface area (Å²) in [6, 6.07) is 0.399. The molecule has 0 aromatic rings. The van der Waals surface area contributed by atoms with Crippen molar-refractivity contribution in [3.8, 4) is 0 Å². The van der Waals surface area contributed by atoms with Crippen LogP contribution in [0.4, 0.5) is 0 Å². The first-order valence-electron chi connectivity index (χ1n) is 9.03. The van der Waals surface area contributed by atoms with E-state index >= 15 is 0 Å². The van der Waals surface area contributed by atoms with Gasteiger partial charge in [0.25, 0.3) is 0 Å². The fraction of sp³-hybridized carbons (Fsp3) is 0.941. The molecule has 1 spiro atoms. The monoisotopic (exact) mass is 293 g/mol. The van der Waals surface area contributed by atoms with E-state index in [0.29, 0.717) is 18.0 Å². The summed E-state index contributed by atoms with van der Waals surface area (Å²) in [6.45, 7) is 4.38. The number of piperidine rings is 1. The lowest BCUT2D eigenvalue weighted by molar-refractivity contribution is -0.122. The van der Waals surface area contributed by atoms with Gasteiger partial charge in [0, 0.05) is 24.5 Å². The van der Waals surface area contributed by atoms with Crippen LogP contribution in [0.5, 0.6) is 0 Å². The molecule has 1 unspecified atom stereocenters. The van der Waals surface area contributed by atoms with Gasteiger partial charge in [-0.1, -0.05) is 19.3 Å². The van der Waals surface area contributed by atoms with Crippen LogP contribution in [0.2, 0.25) is 0 Å². The van der Waals surface area contributed by atoms with Gasteiger partial charge in [-0.3, -0.25) is 4.79 Å². The Labute approximate surface area is 129 Å². The Morgan fingerprint density at radius 2 is 1.90 bits per heavy atom. The van der Waals surface area contributed by atoms with Crippen LogP contribution in [0.25, 0.3) is 0 Å². The van der Waals surface area contributed by atoms with Crippen LogP contribution in [0, 0.1) is 0 Å². The lowest BCUT2D eigenvalue weighted by atomic mass is 9.75. The molecule has 3 fully saturated rings. The van der Waals surface area contributed by atoms with Crippen molar-refractivity contribution in [3.05, 3.63) is 0 Å². The molecule has 2 heterocycles. The van der Waals surface area contributed by atoms with E-state index in [1.807, 2.05) is 0 Å². The first-order chi connectivity index (χ1) is 10.3. The number of amides is 1. The largest absolute Gasteiger partial charge is 0.353 e. The normalized spacial score (nSPS) is 29.6. The molecule has 4 heteroatoms. The second kappa shape index (κ2) is 7.10. The van der Waals surface area contributed by atoms with Crippen LogP contribution >= 0.6 is 0 Å². The highest BCUT2D eigenvalue weighted by atomic mass is 16.1.